The predicted molar refractivity (Wildman–Crippen MR) is 128 cm³/mol. The summed E-state index contributed by atoms with van der Waals surface area (Å²) in [5.41, 5.74) is -0.640. The van der Waals surface area contributed by atoms with Gasteiger partial charge in [-0.1, -0.05) is 11.6 Å². The number of aromatic amines is 1. The second-order valence-electron chi connectivity index (χ2n) is 9.22. The quantitative estimate of drug-likeness (QED) is 0.344. The van der Waals surface area contributed by atoms with Gasteiger partial charge in [0.05, 0.1) is 22.9 Å². The molecule has 1 saturated carbocycles. The van der Waals surface area contributed by atoms with Crippen LogP contribution < -0.4 is 10.2 Å². The van der Waals surface area contributed by atoms with Gasteiger partial charge in [0.1, 0.15) is 11.9 Å². The SMILES string of the molecule is O=C(Nc1ccc(N2CCC=C(F)C2)cc1-c1nn[nH]n1)[C@H](CC(F)F)n1nc(C(F)(F)F)c(Cl)c1C1CC1. The van der Waals surface area contributed by atoms with Crippen molar-refractivity contribution < 1.29 is 31.1 Å². The first-order valence-electron chi connectivity index (χ1n) is 11.9. The van der Waals surface area contributed by atoms with E-state index in [1.165, 1.54) is 12.1 Å². The molecule has 5 rings (SSSR count). The van der Waals surface area contributed by atoms with Gasteiger partial charge in [0, 0.05) is 30.1 Å². The van der Waals surface area contributed by atoms with Crippen molar-refractivity contribution in [2.24, 2.45) is 0 Å². The van der Waals surface area contributed by atoms with Crippen LogP contribution in [0, 0.1) is 0 Å². The minimum Gasteiger partial charge on any atom is -0.365 e. The molecule has 1 atom stereocenters. The first kappa shape index (κ1) is 27.0. The van der Waals surface area contributed by atoms with Crippen molar-refractivity contribution in [2.75, 3.05) is 23.3 Å². The average Bonchev–Trinajstić information content (AvgIpc) is 3.42. The maximum absolute atomic E-state index is 13.9. The van der Waals surface area contributed by atoms with Crippen molar-refractivity contribution in [3.63, 3.8) is 0 Å². The molecule has 3 heterocycles. The summed E-state index contributed by atoms with van der Waals surface area (Å²) in [5, 5.41) is 18.9. The van der Waals surface area contributed by atoms with Gasteiger partial charge in [-0.25, -0.2) is 13.2 Å². The highest BCUT2D eigenvalue weighted by Gasteiger charge is 2.44. The third kappa shape index (κ3) is 5.72. The van der Waals surface area contributed by atoms with Gasteiger partial charge < -0.3 is 10.2 Å². The number of nitrogens with one attached hydrogen (secondary N) is 2. The maximum Gasteiger partial charge on any atom is 0.436 e. The predicted octanol–water partition coefficient (Wildman–Crippen LogP) is 5.51. The van der Waals surface area contributed by atoms with Crippen LogP contribution in [0.5, 0.6) is 0 Å². The molecule has 2 aliphatic rings. The normalized spacial score (nSPS) is 16.9. The number of anilines is 2. The number of aromatic nitrogens is 6. The Bertz CT molecular complexity index is 1390. The molecule has 0 spiro atoms. The zero-order chi connectivity index (χ0) is 27.9. The van der Waals surface area contributed by atoms with E-state index >= 15 is 0 Å². The van der Waals surface area contributed by atoms with Gasteiger partial charge in [-0.2, -0.15) is 23.5 Å². The molecule has 3 aromatic rings. The third-order valence-corrected chi connectivity index (χ3v) is 6.81. The minimum absolute atomic E-state index is 0.0272. The molecule has 16 heteroatoms. The molecule has 208 valence electrons. The molecule has 1 aliphatic heterocycles. The van der Waals surface area contributed by atoms with Gasteiger partial charge >= 0.3 is 6.18 Å². The average molecular weight is 575 g/mol. The Morgan fingerprint density at radius 3 is 2.64 bits per heavy atom. The highest BCUT2D eigenvalue weighted by atomic mass is 35.5. The fraction of sp³-hybridized carbons (Fsp3) is 0.435. The first-order valence-corrected chi connectivity index (χ1v) is 12.3. The highest BCUT2D eigenvalue weighted by molar-refractivity contribution is 6.32. The molecule has 1 aliphatic carbocycles. The van der Waals surface area contributed by atoms with Gasteiger partial charge in [0.25, 0.3) is 0 Å². The van der Waals surface area contributed by atoms with Gasteiger partial charge in [0.2, 0.25) is 18.2 Å². The lowest BCUT2D eigenvalue weighted by molar-refractivity contribution is -0.141. The maximum atomic E-state index is 13.9. The summed E-state index contributed by atoms with van der Waals surface area (Å²) >= 11 is 6.00. The van der Waals surface area contributed by atoms with Crippen molar-refractivity contribution in [2.45, 2.75) is 50.2 Å². The van der Waals surface area contributed by atoms with Gasteiger partial charge in [-0.3, -0.25) is 9.48 Å². The smallest absolute Gasteiger partial charge is 0.365 e. The molecule has 0 bridgehead atoms. The topological polar surface area (TPSA) is 105 Å². The molecule has 1 amide bonds. The highest BCUT2D eigenvalue weighted by Crippen LogP contribution is 2.48. The number of halogens is 7. The summed E-state index contributed by atoms with van der Waals surface area (Å²) in [4.78, 5) is 15.2. The van der Waals surface area contributed by atoms with Crippen LogP contribution in [0.4, 0.5) is 37.7 Å². The van der Waals surface area contributed by atoms with E-state index in [9.17, 15) is 31.1 Å². The number of carbonyl (C=O) groups is 1. The largest absolute Gasteiger partial charge is 0.436 e. The molecule has 2 aromatic heterocycles. The molecule has 0 saturated heterocycles. The Morgan fingerprint density at radius 1 is 1.26 bits per heavy atom. The van der Waals surface area contributed by atoms with E-state index in [1.807, 2.05) is 0 Å². The Hall–Kier alpha value is -3.62. The molecule has 1 fully saturated rings. The van der Waals surface area contributed by atoms with Crippen molar-refractivity contribution in [1.29, 1.82) is 0 Å². The number of carbonyl (C=O) groups excluding carboxylic acids is 1. The van der Waals surface area contributed by atoms with Crippen molar-refractivity contribution in [1.82, 2.24) is 30.4 Å². The van der Waals surface area contributed by atoms with E-state index in [0.29, 0.717) is 36.2 Å². The lowest BCUT2D eigenvalue weighted by Crippen LogP contribution is -2.30. The van der Waals surface area contributed by atoms with E-state index in [4.69, 9.17) is 11.6 Å². The standard InChI is InChI=1S/C23H21ClF6N8O/c24-18-19(11-3-4-11)38(34-20(18)23(28,29)30)16(9-17(26)27)22(39)31-15-6-5-13(37-7-1-2-12(25)10-37)8-14(15)21-32-35-36-33-21/h2,5-6,8,11,16-17H,1,3-4,7,9-10H2,(H,31,39)(H,32,33,35,36)/t16-/m0/s1. The van der Waals surface area contributed by atoms with Gasteiger partial charge in [-0.05, 0) is 48.8 Å². The van der Waals surface area contributed by atoms with E-state index in [2.05, 4.69) is 31.0 Å². The van der Waals surface area contributed by atoms with E-state index < -0.39 is 47.6 Å². The van der Waals surface area contributed by atoms with Crippen LogP contribution in [0.3, 0.4) is 0 Å². The van der Waals surface area contributed by atoms with Crippen molar-refractivity contribution in [3.05, 3.63) is 46.5 Å². The van der Waals surface area contributed by atoms with E-state index in [0.717, 1.165) is 0 Å². The lowest BCUT2D eigenvalue weighted by Gasteiger charge is -2.27. The number of rotatable bonds is 8. The molecular formula is C23H21ClF6N8O. The summed E-state index contributed by atoms with van der Waals surface area (Å²) in [6.07, 6.45) is -6.14. The Labute approximate surface area is 222 Å². The van der Waals surface area contributed by atoms with Crippen LogP contribution in [0.25, 0.3) is 11.4 Å². The van der Waals surface area contributed by atoms with Crippen LogP contribution in [-0.4, -0.2) is 55.8 Å². The molecule has 39 heavy (non-hydrogen) atoms. The molecule has 2 N–H and O–H groups in total. The first-order chi connectivity index (χ1) is 18.5. The molecule has 1 aromatic carbocycles. The minimum atomic E-state index is -4.94. The molecular weight excluding hydrogens is 554 g/mol. The van der Waals surface area contributed by atoms with Crippen LogP contribution in [0.2, 0.25) is 5.02 Å². The van der Waals surface area contributed by atoms with Crippen LogP contribution in [0.15, 0.2) is 30.1 Å². The number of hydrogen-bond donors (Lipinski definition) is 2. The second kappa shape index (κ2) is 10.5. The van der Waals surface area contributed by atoms with Crippen LogP contribution in [-0.2, 0) is 11.0 Å². The zero-order valence-electron chi connectivity index (χ0n) is 20.0. The van der Waals surface area contributed by atoms with Gasteiger partial charge in [-0.15, -0.1) is 10.2 Å². The van der Waals surface area contributed by atoms with E-state index in [-0.39, 0.29) is 35.1 Å². The Morgan fingerprint density at radius 2 is 2.03 bits per heavy atom. The Kier molecular flexibility index (Phi) is 7.27. The number of amides is 1. The van der Waals surface area contributed by atoms with Gasteiger partial charge in [0.15, 0.2) is 5.69 Å². The number of tetrazole rings is 1. The number of nitrogens with zero attached hydrogens (tertiary/aromatic N) is 6. The summed E-state index contributed by atoms with van der Waals surface area (Å²) in [6, 6.07) is 2.81. The summed E-state index contributed by atoms with van der Waals surface area (Å²) in [6.45, 7) is 0.548. The Balaban J connectivity index is 1.51. The summed E-state index contributed by atoms with van der Waals surface area (Å²) in [5.74, 6) is -1.72. The molecule has 0 unspecified atom stereocenters. The van der Waals surface area contributed by atoms with Crippen LogP contribution >= 0.6 is 11.6 Å². The van der Waals surface area contributed by atoms with Crippen molar-refractivity contribution in [3.8, 4) is 11.4 Å². The van der Waals surface area contributed by atoms with Crippen LogP contribution in [0.1, 0.15) is 49.0 Å². The number of alkyl halides is 5. The fourth-order valence-electron chi connectivity index (χ4n) is 4.49. The molecule has 0 radical (unpaired) electrons. The third-order valence-electron chi connectivity index (χ3n) is 6.44. The molecule has 9 nitrogen and oxygen atoms in total. The summed E-state index contributed by atoms with van der Waals surface area (Å²) < 4.78 is 82.4. The van der Waals surface area contributed by atoms with E-state index in [1.54, 1.807) is 17.0 Å². The summed E-state index contributed by atoms with van der Waals surface area (Å²) in [7, 11) is 0. The second-order valence-corrected chi connectivity index (χ2v) is 9.60. The number of hydrogen-bond acceptors (Lipinski definition) is 6. The van der Waals surface area contributed by atoms with Crippen molar-refractivity contribution >= 4 is 28.9 Å². The monoisotopic (exact) mass is 574 g/mol. The number of H-pyrrole nitrogens is 1. The number of benzene rings is 1. The lowest BCUT2D eigenvalue weighted by atomic mass is 10.1. The fourth-order valence-corrected chi connectivity index (χ4v) is 4.88. The zero-order valence-corrected chi connectivity index (χ0v) is 20.8.